The molecule has 0 aromatic heterocycles. The summed E-state index contributed by atoms with van der Waals surface area (Å²) in [5, 5.41) is 0. The molecule has 0 bridgehead atoms. The Hall–Kier alpha value is -1.32. The van der Waals surface area contributed by atoms with Crippen molar-refractivity contribution in [1.29, 1.82) is 0 Å². The van der Waals surface area contributed by atoms with Gasteiger partial charge in [0.25, 0.3) is 5.78 Å². The summed E-state index contributed by atoms with van der Waals surface area (Å²) in [6.07, 6.45) is 2.19. The Labute approximate surface area is 64.8 Å². The number of ether oxygens (including phenoxy) is 2. The van der Waals surface area contributed by atoms with Crippen LogP contribution in [0.3, 0.4) is 0 Å². The van der Waals surface area contributed by atoms with Crippen molar-refractivity contribution in [3.63, 3.8) is 0 Å². The van der Waals surface area contributed by atoms with Crippen LogP contribution in [-0.2, 0) is 19.1 Å². The van der Waals surface area contributed by atoms with Crippen molar-refractivity contribution in [2.75, 3.05) is 13.7 Å². The number of ketones is 1. The van der Waals surface area contributed by atoms with Gasteiger partial charge in [-0.05, 0) is 6.92 Å². The van der Waals surface area contributed by atoms with Crippen LogP contribution in [0.5, 0.6) is 0 Å². The van der Waals surface area contributed by atoms with Crippen molar-refractivity contribution in [3.05, 3.63) is 12.3 Å². The van der Waals surface area contributed by atoms with Crippen molar-refractivity contribution in [2.45, 2.75) is 6.92 Å². The standard InChI is InChI=1S/C7H10O4/c1-3-11-5-4-6(8)7(9)10-2/h4-5H,3H2,1-2H3/b5-4+. The van der Waals surface area contributed by atoms with Gasteiger partial charge in [-0.2, -0.15) is 0 Å². The minimum Gasteiger partial charge on any atom is -0.501 e. The lowest BCUT2D eigenvalue weighted by Crippen LogP contribution is -2.12. The minimum atomic E-state index is -0.888. The molecule has 0 aromatic rings. The molecule has 0 aliphatic rings. The molecule has 11 heavy (non-hydrogen) atoms. The van der Waals surface area contributed by atoms with E-state index in [4.69, 9.17) is 0 Å². The number of rotatable bonds is 4. The molecule has 0 heterocycles. The van der Waals surface area contributed by atoms with Crippen molar-refractivity contribution in [2.24, 2.45) is 0 Å². The smallest absolute Gasteiger partial charge is 0.378 e. The highest BCUT2D eigenvalue weighted by atomic mass is 16.5. The topological polar surface area (TPSA) is 52.6 Å². The Morgan fingerprint density at radius 1 is 1.45 bits per heavy atom. The number of carbonyl (C=O) groups excluding carboxylic acids is 2. The van der Waals surface area contributed by atoms with E-state index in [-0.39, 0.29) is 0 Å². The average molecular weight is 158 g/mol. The zero-order valence-corrected chi connectivity index (χ0v) is 6.49. The molecule has 0 atom stereocenters. The fourth-order valence-corrected chi connectivity index (χ4v) is 0.375. The molecule has 0 saturated carbocycles. The molecule has 0 aromatic carbocycles. The van der Waals surface area contributed by atoms with Gasteiger partial charge in [0.2, 0.25) is 0 Å². The van der Waals surface area contributed by atoms with E-state index in [2.05, 4.69) is 9.47 Å². The fourth-order valence-electron chi connectivity index (χ4n) is 0.375. The van der Waals surface area contributed by atoms with Crippen LogP contribution in [0.4, 0.5) is 0 Å². The van der Waals surface area contributed by atoms with Crippen LogP contribution < -0.4 is 0 Å². The number of hydrogen-bond donors (Lipinski definition) is 0. The number of methoxy groups -OCH3 is 1. The van der Waals surface area contributed by atoms with Gasteiger partial charge in [-0.1, -0.05) is 0 Å². The Balaban J connectivity index is 3.77. The first kappa shape index (κ1) is 9.68. The lowest BCUT2D eigenvalue weighted by Gasteiger charge is -1.92. The Morgan fingerprint density at radius 2 is 2.09 bits per heavy atom. The van der Waals surface area contributed by atoms with Crippen molar-refractivity contribution in [1.82, 2.24) is 0 Å². The number of hydrogen-bond acceptors (Lipinski definition) is 4. The summed E-state index contributed by atoms with van der Waals surface area (Å²) in [4.78, 5) is 21.0. The van der Waals surface area contributed by atoms with E-state index in [1.807, 2.05) is 0 Å². The molecule has 0 aliphatic heterocycles. The minimum absolute atomic E-state index is 0.463. The highest BCUT2D eigenvalue weighted by Gasteiger charge is 2.08. The molecule has 4 nitrogen and oxygen atoms in total. The van der Waals surface area contributed by atoms with E-state index in [9.17, 15) is 9.59 Å². The molecule has 0 fully saturated rings. The van der Waals surface area contributed by atoms with Gasteiger partial charge in [0, 0.05) is 6.08 Å². The van der Waals surface area contributed by atoms with Gasteiger partial charge < -0.3 is 9.47 Å². The van der Waals surface area contributed by atoms with Crippen molar-refractivity contribution >= 4 is 11.8 Å². The molecule has 0 unspecified atom stereocenters. The molecule has 0 saturated heterocycles. The molecule has 0 spiro atoms. The lowest BCUT2D eigenvalue weighted by atomic mass is 10.4. The number of esters is 1. The summed E-state index contributed by atoms with van der Waals surface area (Å²) in [5.74, 6) is -1.61. The maximum atomic E-state index is 10.6. The Morgan fingerprint density at radius 3 is 2.55 bits per heavy atom. The summed E-state index contributed by atoms with van der Waals surface area (Å²) >= 11 is 0. The molecular formula is C7H10O4. The number of carbonyl (C=O) groups is 2. The first-order valence-corrected chi connectivity index (χ1v) is 3.12. The van der Waals surface area contributed by atoms with E-state index in [0.29, 0.717) is 6.61 Å². The summed E-state index contributed by atoms with van der Waals surface area (Å²) < 4.78 is 8.84. The predicted octanol–water partition coefficient (Wildman–Crippen LogP) is 0.279. The van der Waals surface area contributed by atoms with Crippen molar-refractivity contribution < 1.29 is 19.1 Å². The van der Waals surface area contributed by atoms with Crippen LogP contribution in [0.15, 0.2) is 12.3 Å². The van der Waals surface area contributed by atoms with Gasteiger partial charge in [-0.3, -0.25) is 4.79 Å². The van der Waals surface area contributed by atoms with Gasteiger partial charge in [0.1, 0.15) is 0 Å². The second-order valence-corrected chi connectivity index (χ2v) is 1.61. The molecule has 4 heteroatoms. The predicted molar refractivity (Wildman–Crippen MR) is 37.8 cm³/mol. The molecular weight excluding hydrogens is 148 g/mol. The Kier molecular flexibility index (Phi) is 4.81. The average Bonchev–Trinajstić information content (AvgIpc) is 2.03. The second-order valence-electron chi connectivity index (χ2n) is 1.61. The van der Waals surface area contributed by atoms with Crippen LogP contribution in [0.2, 0.25) is 0 Å². The van der Waals surface area contributed by atoms with Gasteiger partial charge in [-0.25, -0.2) is 4.79 Å². The molecule has 62 valence electrons. The normalized spacial score (nSPS) is 9.64. The third-order valence-corrected chi connectivity index (χ3v) is 0.869. The summed E-state index contributed by atoms with van der Waals surface area (Å²) in [6.45, 7) is 2.23. The Bertz CT molecular complexity index is 171. The van der Waals surface area contributed by atoms with Crippen LogP contribution >= 0.6 is 0 Å². The van der Waals surface area contributed by atoms with Crippen LogP contribution in [0.25, 0.3) is 0 Å². The SMILES string of the molecule is CCO/C=C/C(=O)C(=O)OC. The summed E-state index contributed by atoms with van der Waals surface area (Å²) in [5.41, 5.74) is 0. The van der Waals surface area contributed by atoms with E-state index >= 15 is 0 Å². The van der Waals surface area contributed by atoms with E-state index in [0.717, 1.165) is 13.2 Å². The first-order chi connectivity index (χ1) is 5.22. The summed E-state index contributed by atoms with van der Waals surface area (Å²) in [6, 6.07) is 0. The first-order valence-electron chi connectivity index (χ1n) is 3.12. The molecule has 0 N–H and O–H groups in total. The maximum absolute atomic E-state index is 10.6. The fraction of sp³-hybridized carbons (Fsp3) is 0.429. The third kappa shape index (κ3) is 4.13. The van der Waals surface area contributed by atoms with Crippen LogP contribution in [0.1, 0.15) is 6.92 Å². The monoisotopic (exact) mass is 158 g/mol. The largest absolute Gasteiger partial charge is 0.501 e. The van der Waals surface area contributed by atoms with E-state index < -0.39 is 11.8 Å². The zero-order valence-electron chi connectivity index (χ0n) is 6.49. The third-order valence-electron chi connectivity index (χ3n) is 0.869. The van der Waals surface area contributed by atoms with Gasteiger partial charge in [-0.15, -0.1) is 0 Å². The van der Waals surface area contributed by atoms with E-state index in [1.165, 1.54) is 6.26 Å². The van der Waals surface area contributed by atoms with Crippen LogP contribution in [-0.4, -0.2) is 25.5 Å². The maximum Gasteiger partial charge on any atom is 0.378 e. The zero-order chi connectivity index (χ0) is 8.69. The quantitative estimate of drug-likeness (QED) is 0.255. The van der Waals surface area contributed by atoms with E-state index in [1.54, 1.807) is 6.92 Å². The highest BCUT2D eigenvalue weighted by molar-refractivity contribution is 6.38. The molecule has 0 radical (unpaired) electrons. The van der Waals surface area contributed by atoms with Crippen LogP contribution in [0, 0.1) is 0 Å². The highest BCUT2D eigenvalue weighted by Crippen LogP contribution is 1.82. The van der Waals surface area contributed by atoms with Crippen molar-refractivity contribution in [3.8, 4) is 0 Å². The van der Waals surface area contributed by atoms with Gasteiger partial charge in [0.15, 0.2) is 0 Å². The van der Waals surface area contributed by atoms with Gasteiger partial charge in [0.05, 0.1) is 20.0 Å². The summed E-state index contributed by atoms with van der Waals surface area (Å²) in [7, 11) is 1.15. The molecule has 0 aliphatic carbocycles. The molecule has 0 amide bonds. The van der Waals surface area contributed by atoms with Gasteiger partial charge >= 0.3 is 5.97 Å². The second kappa shape index (κ2) is 5.46. The lowest BCUT2D eigenvalue weighted by molar-refractivity contribution is -0.149. The molecule has 0 rings (SSSR count).